The highest BCUT2D eigenvalue weighted by Gasteiger charge is 2.15. The van der Waals surface area contributed by atoms with E-state index in [1.807, 2.05) is 0 Å². The molecule has 0 fully saturated rings. The molecule has 2 aromatic heterocycles. The molecule has 0 saturated heterocycles. The number of aromatic nitrogens is 3. The third-order valence-electron chi connectivity index (χ3n) is 2.24. The molecule has 5 nitrogen and oxygen atoms in total. The second-order valence-corrected chi connectivity index (χ2v) is 4.75. The van der Waals surface area contributed by atoms with Gasteiger partial charge in [0.1, 0.15) is 6.61 Å². The van der Waals surface area contributed by atoms with Crippen molar-refractivity contribution in [2.24, 2.45) is 0 Å². The van der Waals surface area contributed by atoms with Crippen LogP contribution in [-0.2, 0) is 12.0 Å². The molecule has 2 rings (SSSR count). The summed E-state index contributed by atoms with van der Waals surface area (Å²) in [5.74, 6) is 1.14. The first-order chi connectivity index (χ1) is 8.05. The van der Waals surface area contributed by atoms with Crippen LogP contribution in [0.3, 0.4) is 0 Å². The SMILES string of the molecule is CC(C)(C)c1cnc(OCc2cnco2)cn1. The Kier molecular flexibility index (Phi) is 3.08. The van der Waals surface area contributed by atoms with Crippen LogP contribution in [0.1, 0.15) is 32.2 Å². The molecule has 0 spiro atoms. The topological polar surface area (TPSA) is 61.0 Å². The van der Waals surface area contributed by atoms with E-state index >= 15 is 0 Å². The monoisotopic (exact) mass is 233 g/mol. The van der Waals surface area contributed by atoms with Crippen molar-refractivity contribution < 1.29 is 9.15 Å². The van der Waals surface area contributed by atoms with Gasteiger partial charge in [0.25, 0.3) is 0 Å². The van der Waals surface area contributed by atoms with Gasteiger partial charge in [0.2, 0.25) is 5.88 Å². The van der Waals surface area contributed by atoms with Gasteiger partial charge < -0.3 is 9.15 Å². The van der Waals surface area contributed by atoms with Crippen molar-refractivity contribution in [3.63, 3.8) is 0 Å². The maximum Gasteiger partial charge on any atom is 0.232 e. The van der Waals surface area contributed by atoms with Crippen molar-refractivity contribution in [1.82, 2.24) is 15.0 Å². The van der Waals surface area contributed by atoms with E-state index in [9.17, 15) is 0 Å². The number of hydrogen-bond donors (Lipinski definition) is 0. The second-order valence-electron chi connectivity index (χ2n) is 4.75. The summed E-state index contributed by atoms with van der Waals surface area (Å²) in [6, 6.07) is 0. The summed E-state index contributed by atoms with van der Waals surface area (Å²) >= 11 is 0. The minimum atomic E-state index is -0.00351. The molecule has 0 N–H and O–H groups in total. The minimum Gasteiger partial charge on any atom is -0.468 e. The molecule has 0 radical (unpaired) electrons. The molecule has 0 bridgehead atoms. The maximum absolute atomic E-state index is 5.41. The van der Waals surface area contributed by atoms with E-state index in [1.54, 1.807) is 18.6 Å². The Morgan fingerprint density at radius 1 is 1.18 bits per heavy atom. The van der Waals surface area contributed by atoms with Gasteiger partial charge >= 0.3 is 0 Å². The number of nitrogens with zero attached hydrogens (tertiary/aromatic N) is 3. The van der Waals surface area contributed by atoms with E-state index in [2.05, 4.69) is 35.7 Å². The molecule has 5 heteroatoms. The van der Waals surface area contributed by atoms with Gasteiger partial charge in [-0.3, -0.25) is 4.98 Å². The average molecular weight is 233 g/mol. The number of oxazole rings is 1. The second kappa shape index (κ2) is 4.53. The Labute approximate surface area is 99.9 Å². The number of rotatable bonds is 3. The fraction of sp³-hybridized carbons (Fsp3) is 0.417. The van der Waals surface area contributed by atoms with Gasteiger partial charge in [-0.05, 0) is 0 Å². The van der Waals surface area contributed by atoms with Crippen LogP contribution in [0.4, 0.5) is 0 Å². The van der Waals surface area contributed by atoms with Gasteiger partial charge in [-0.1, -0.05) is 20.8 Å². The van der Waals surface area contributed by atoms with Crippen LogP contribution in [0.5, 0.6) is 5.88 Å². The van der Waals surface area contributed by atoms with Gasteiger partial charge in [-0.15, -0.1) is 0 Å². The molecule has 0 aliphatic carbocycles. The summed E-state index contributed by atoms with van der Waals surface area (Å²) in [5, 5.41) is 0. The molecule has 0 atom stereocenters. The molecule has 0 aliphatic heterocycles. The van der Waals surface area contributed by atoms with Crippen molar-refractivity contribution in [3.05, 3.63) is 36.4 Å². The molecule has 0 aromatic carbocycles. The highest BCUT2D eigenvalue weighted by atomic mass is 16.5. The predicted molar refractivity (Wildman–Crippen MR) is 61.6 cm³/mol. The van der Waals surface area contributed by atoms with Crippen LogP contribution in [0.2, 0.25) is 0 Å². The average Bonchev–Trinajstić information content (AvgIpc) is 2.78. The van der Waals surface area contributed by atoms with E-state index < -0.39 is 0 Å². The van der Waals surface area contributed by atoms with Crippen LogP contribution in [0.15, 0.2) is 29.4 Å². The Bertz CT molecular complexity index is 457. The molecule has 2 heterocycles. The Balaban J connectivity index is 1.99. The molecule has 2 aromatic rings. The molecule has 90 valence electrons. The zero-order valence-corrected chi connectivity index (χ0v) is 10.2. The van der Waals surface area contributed by atoms with Crippen molar-refractivity contribution >= 4 is 0 Å². The first kappa shape index (κ1) is 11.6. The lowest BCUT2D eigenvalue weighted by atomic mass is 9.93. The highest BCUT2D eigenvalue weighted by molar-refractivity contribution is 5.13. The molecule has 0 saturated carbocycles. The van der Waals surface area contributed by atoms with Gasteiger partial charge in [0.15, 0.2) is 12.2 Å². The zero-order chi connectivity index (χ0) is 12.3. The predicted octanol–water partition coefficient (Wildman–Crippen LogP) is 2.34. The van der Waals surface area contributed by atoms with Crippen molar-refractivity contribution in [3.8, 4) is 5.88 Å². The van der Waals surface area contributed by atoms with E-state index in [1.165, 1.54) is 6.39 Å². The first-order valence-electron chi connectivity index (χ1n) is 5.38. The Morgan fingerprint density at radius 2 is 2.00 bits per heavy atom. The smallest absolute Gasteiger partial charge is 0.232 e. The van der Waals surface area contributed by atoms with Crippen LogP contribution < -0.4 is 4.74 Å². The van der Waals surface area contributed by atoms with Gasteiger partial charge in [-0.25, -0.2) is 9.97 Å². The van der Waals surface area contributed by atoms with Gasteiger partial charge in [-0.2, -0.15) is 0 Å². The summed E-state index contributed by atoms with van der Waals surface area (Å²) in [6.07, 6.45) is 6.33. The maximum atomic E-state index is 5.41. The molecular formula is C12H15N3O2. The van der Waals surface area contributed by atoms with E-state index in [0.29, 0.717) is 18.2 Å². The summed E-state index contributed by atoms with van der Waals surface area (Å²) in [7, 11) is 0. The van der Waals surface area contributed by atoms with Crippen molar-refractivity contribution in [2.45, 2.75) is 32.8 Å². The van der Waals surface area contributed by atoms with Crippen LogP contribution in [0.25, 0.3) is 0 Å². The van der Waals surface area contributed by atoms with Crippen LogP contribution in [0, 0.1) is 0 Å². The lowest BCUT2D eigenvalue weighted by Crippen LogP contribution is -2.13. The standard InChI is InChI=1S/C12H15N3O2/c1-12(2,3)10-5-15-11(6-14-10)16-7-9-4-13-8-17-9/h4-6,8H,7H2,1-3H3. The Hall–Kier alpha value is -1.91. The summed E-state index contributed by atoms with van der Waals surface area (Å²) in [5.41, 5.74) is 0.931. The molecule has 0 unspecified atom stereocenters. The fourth-order valence-corrected chi connectivity index (χ4v) is 1.24. The van der Waals surface area contributed by atoms with Crippen LogP contribution >= 0.6 is 0 Å². The van der Waals surface area contributed by atoms with E-state index in [4.69, 9.17) is 9.15 Å². The van der Waals surface area contributed by atoms with Gasteiger partial charge in [0, 0.05) is 5.41 Å². The number of hydrogen-bond acceptors (Lipinski definition) is 5. The van der Waals surface area contributed by atoms with Gasteiger partial charge in [0.05, 0.1) is 24.3 Å². The fourth-order valence-electron chi connectivity index (χ4n) is 1.24. The highest BCUT2D eigenvalue weighted by Crippen LogP contribution is 2.19. The third-order valence-corrected chi connectivity index (χ3v) is 2.24. The lowest BCUT2D eigenvalue weighted by molar-refractivity contribution is 0.259. The summed E-state index contributed by atoms with van der Waals surface area (Å²) in [6.45, 7) is 6.58. The summed E-state index contributed by atoms with van der Waals surface area (Å²) < 4.78 is 10.5. The molecule has 17 heavy (non-hydrogen) atoms. The summed E-state index contributed by atoms with van der Waals surface area (Å²) in [4.78, 5) is 12.3. The molecular weight excluding hydrogens is 218 g/mol. The normalized spacial score (nSPS) is 11.5. The van der Waals surface area contributed by atoms with Crippen molar-refractivity contribution in [1.29, 1.82) is 0 Å². The first-order valence-corrected chi connectivity index (χ1v) is 5.38. The largest absolute Gasteiger partial charge is 0.468 e. The quantitative estimate of drug-likeness (QED) is 0.814. The lowest BCUT2D eigenvalue weighted by Gasteiger charge is -2.16. The Morgan fingerprint density at radius 3 is 2.53 bits per heavy atom. The number of ether oxygens (including phenoxy) is 1. The third kappa shape index (κ3) is 3.03. The zero-order valence-electron chi connectivity index (χ0n) is 10.2. The molecule has 0 aliphatic rings. The van der Waals surface area contributed by atoms with Crippen molar-refractivity contribution in [2.75, 3.05) is 0 Å². The minimum absolute atomic E-state index is 0.00351. The van der Waals surface area contributed by atoms with E-state index in [-0.39, 0.29) is 5.41 Å². The molecule has 0 amide bonds. The van der Waals surface area contributed by atoms with Crippen LogP contribution in [-0.4, -0.2) is 15.0 Å². The van der Waals surface area contributed by atoms with E-state index in [0.717, 1.165) is 5.69 Å².